The van der Waals surface area contributed by atoms with Gasteiger partial charge < -0.3 is 4.90 Å². The molecule has 0 aromatic carbocycles. The van der Waals surface area contributed by atoms with Crippen molar-refractivity contribution in [3.63, 3.8) is 0 Å². The average Bonchev–Trinajstić information content (AvgIpc) is 2.21. The van der Waals surface area contributed by atoms with Gasteiger partial charge in [-0.2, -0.15) is 0 Å². The van der Waals surface area contributed by atoms with Gasteiger partial charge in [0.1, 0.15) is 0 Å². The molecule has 0 aromatic rings. The lowest BCUT2D eigenvalue weighted by Crippen LogP contribution is -2.33. The molecule has 0 N–H and O–H groups in total. The van der Waals surface area contributed by atoms with Crippen molar-refractivity contribution >= 4 is 0 Å². The maximum atomic E-state index is 3.86. The van der Waals surface area contributed by atoms with Gasteiger partial charge in [0.05, 0.1) is 0 Å². The fourth-order valence-corrected chi connectivity index (χ4v) is 2.10. The van der Waals surface area contributed by atoms with E-state index in [4.69, 9.17) is 0 Å². The highest BCUT2D eigenvalue weighted by molar-refractivity contribution is 5.19. The highest BCUT2D eigenvalue weighted by Crippen LogP contribution is 2.24. The summed E-state index contributed by atoms with van der Waals surface area (Å²) >= 11 is 0. The topological polar surface area (TPSA) is 3.24 Å². The molecule has 1 nitrogen and oxygen atoms in total. The molecule has 1 rings (SSSR count). The highest BCUT2D eigenvalue weighted by Gasteiger charge is 2.19. The number of hydrogen-bond donors (Lipinski definition) is 0. The molecule has 1 heterocycles. The van der Waals surface area contributed by atoms with Crippen molar-refractivity contribution in [2.24, 2.45) is 5.92 Å². The van der Waals surface area contributed by atoms with Gasteiger partial charge in [0.25, 0.3) is 0 Å². The second-order valence-electron chi connectivity index (χ2n) is 3.70. The Morgan fingerprint density at radius 3 is 2.46 bits per heavy atom. The van der Waals surface area contributed by atoms with E-state index in [9.17, 15) is 0 Å². The molecule has 1 aliphatic rings. The Labute approximate surface area is 82.1 Å². The summed E-state index contributed by atoms with van der Waals surface area (Å²) in [7, 11) is 0. The van der Waals surface area contributed by atoms with Gasteiger partial charge >= 0.3 is 0 Å². The lowest BCUT2D eigenvalue weighted by Gasteiger charge is -2.31. The first-order valence-corrected chi connectivity index (χ1v) is 5.32. The van der Waals surface area contributed by atoms with Gasteiger partial charge in [0.2, 0.25) is 0 Å². The summed E-state index contributed by atoms with van der Waals surface area (Å²) in [4.78, 5) is 2.52. The van der Waals surface area contributed by atoms with Crippen LogP contribution in [0.15, 0.2) is 24.3 Å². The van der Waals surface area contributed by atoms with Crippen molar-refractivity contribution in [3.05, 3.63) is 24.3 Å². The zero-order valence-electron chi connectivity index (χ0n) is 8.92. The molecule has 0 amide bonds. The third kappa shape index (κ3) is 2.70. The largest absolute Gasteiger partial charge is 0.304 e. The minimum Gasteiger partial charge on any atom is -0.304 e. The van der Waals surface area contributed by atoms with E-state index in [1.807, 2.05) is 6.08 Å². The number of allylic oxidation sites excluding steroid dienone is 3. The molecule has 1 saturated heterocycles. The molecular formula is C12H21N. The first kappa shape index (κ1) is 10.5. The first-order chi connectivity index (χ1) is 6.31. The predicted octanol–water partition coefficient (Wildman–Crippen LogP) is 2.85. The number of piperidine rings is 1. The van der Waals surface area contributed by atoms with Crippen LogP contribution in [0.1, 0.15) is 26.7 Å². The van der Waals surface area contributed by atoms with Crippen molar-refractivity contribution in [3.8, 4) is 0 Å². The van der Waals surface area contributed by atoms with Crippen LogP contribution in [-0.2, 0) is 0 Å². The van der Waals surface area contributed by atoms with E-state index in [1.54, 1.807) is 0 Å². The van der Waals surface area contributed by atoms with Crippen LogP contribution >= 0.6 is 0 Å². The third-order valence-electron chi connectivity index (χ3n) is 3.08. The van der Waals surface area contributed by atoms with E-state index < -0.39 is 0 Å². The van der Waals surface area contributed by atoms with E-state index in [0.29, 0.717) is 0 Å². The molecule has 0 spiro atoms. The Balaban J connectivity index is 2.44. The Hall–Kier alpha value is -0.560. The first-order valence-electron chi connectivity index (χ1n) is 5.32. The van der Waals surface area contributed by atoms with Gasteiger partial charge in [0, 0.05) is 0 Å². The van der Waals surface area contributed by atoms with Crippen LogP contribution in [0.5, 0.6) is 0 Å². The Morgan fingerprint density at radius 2 is 2.08 bits per heavy atom. The van der Waals surface area contributed by atoms with Crippen LogP contribution < -0.4 is 0 Å². The van der Waals surface area contributed by atoms with Crippen molar-refractivity contribution in [1.82, 2.24) is 4.90 Å². The SMILES string of the molecule is C=CC(=CC)C1CCN(CC)CC1. The quantitative estimate of drug-likeness (QED) is 0.602. The van der Waals surface area contributed by atoms with Crippen LogP contribution in [0, 0.1) is 5.92 Å². The maximum Gasteiger partial charge on any atom is -0.00130 e. The fourth-order valence-electron chi connectivity index (χ4n) is 2.10. The van der Waals surface area contributed by atoms with Crippen molar-refractivity contribution < 1.29 is 0 Å². The molecule has 0 unspecified atom stereocenters. The van der Waals surface area contributed by atoms with E-state index in [2.05, 4.69) is 31.4 Å². The molecule has 1 aliphatic heterocycles. The van der Waals surface area contributed by atoms with Gasteiger partial charge in [-0.05, 0) is 50.9 Å². The number of nitrogens with zero attached hydrogens (tertiary/aromatic N) is 1. The Bertz CT molecular complexity index is 185. The molecular weight excluding hydrogens is 158 g/mol. The van der Waals surface area contributed by atoms with Crippen molar-refractivity contribution in [2.45, 2.75) is 26.7 Å². The maximum absolute atomic E-state index is 3.86. The fraction of sp³-hybridized carbons (Fsp3) is 0.667. The molecule has 1 fully saturated rings. The van der Waals surface area contributed by atoms with Crippen LogP contribution in [0.3, 0.4) is 0 Å². The van der Waals surface area contributed by atoms with Gasteiger partial charge in [-0.3, -0.25) is 0 Å². The van der Waals surface area contributed by atoms with Crippen LogP contribution in [0.4, 0.5) is 0 Å². The summed E-state index contributed by atoms with van der Waals surface area (Å²) < 4.78 is 0. The summed E-state index contributed by atoms with van der Waals surface area (Å²) in [5, 5.41) is 0. The molecule has 0 bridgehead atoms. The van der Waals surface area contributed by atoms with Crippen LogP contribution in [0.2, 0.25) is 0 Å². The van der Waals surface area contributed by atoms with E-state index >= 15 is 0 Å². The molecule has 74 valence electrons. The Morgan fingerprint density at radius 1 is 1.46 bits per heavy atom. The zero-order chi connectivity index (χ0) is 9.68. The molecule has 0 aliphatic carbocycles. The minimum absolute atomic E-state index is 0.769. The van der Waals surface area contributed by atoms with E-state index in [1.165, 1.54) is 38.0 Å². The highest BCUT2D eigenvalue weighted by atomic mass is 15.1. The Kier molecular flexibility index (Phi) is 4.23. The van der Waals surface area contributed by atoms with Crippen molar-refractivity contribution in [1.29, 1.82) is 0 Å². The summed E-state index contributed by atoms with van der Waals surface area (Å²) in [6, 6.07) is 0. The number of hydrogen-bond acceptors (Lipinski definition) is 1. The van der Waals surface area contributed by atoms with E-state index in [-0.39, 0.29) is 0 Å². The second-order valence-corrected chi connectivity index (χ2v) is 3.70. The smallest absolute Gasteiger partial charge is 0.00130 e. The van der Waals surface area contributed by atoms with Crippen molar-refractivity contribution in [2.75, 3.05) is 19.6 Å². The number of rotatable bonds is 3. The van der Waals surface area contributed by atoms with E-state index in [0.717, 1.165) is 5.92 Å². The van der Waals surface area contributed by atoms with Crippen LogP contribution in [-0.4, -0.2) is 24.5 Å². The molecule has 0 aromatic heterocycles. The van der Waals surface area contributed by atoms with Gasteiger partial charge in [-0.1, -0.05) is 25.7 Å². The standard InChI is InChI=1S/C12H21N/c1-4-11(5-2)12-7-9-13(6-3)10-8-12/h4-5,12H,1,6-10H2,2-3H3. The third-order valence-corrected chi connectivity index (χ3v) is 3.08. The minimum atomic E-state index is 0.769. The summed E-state index contributed by atoms with van der Waals surface area (Å²) in [6.07, 6.45) is 6.84. The lowest BCUT2D eigenvalue weighted by molar-refractivity contribution is 0.209. The lowest BCUT2D eigenvalue weighted by atomic mass is 9.89. The zero-order valence-corrected chi connectivity index (χ0v) is 8.92. The second kappa shape index (κ2) is 5.23. The summed E-state index contributed by atoms with van der Waals surface area (Å²) in [5.41, 5.74) is 1.44. The summed E-state index contributed by atoms with van der Waals surface area (Å²) in [5.74, 6) is 0.769. The number of likely N-dealkylation sites (tertiary alicyclic amines) is 1. The average molecular weight is 179 g/mol. The molecule has 1 heteroatoms. The van der Waals surface area contributed by atoms with Gasteiger partial charge in [-0.15, -0.1) is 0 Å². The van der Waals surface area contributed by atoms with Crippen LogP contribution in [0.25, 0.3) is 0 Å². The summed E-state index contributed by atoms with van der Waals surface area (Å²) in [6.45, 7) is 11.9. The normalized spacial score (nSPS) is 21.8. The predicted molar refractivity (Wildman–Crippen MR) is 58.8 cm³/mol. The molecule has 0 saturated carbocycles. The molecule has 13 heavy (non-hydrogen) atoms. The molecule has 0 radical (unpaired) electrons. The monoisotopic (exact) mass is 179 g/mol. The van der Waals surface area contributed by atoms with Gasteiger partial charge in [-0.25, -0.2) is 0 Å². The molecule has 0 atom stereocenters. The van der Waals surface area contributed by atoms with Gasteiger partial charge in [0.15, 0.2) is 0 Å².